The Kier molecular flexibility index (Phi) is 8.93. The fourth-order valence-corrected chi connectivity index (χ4v) is 2.83. The molecule has 0 amide bonds. The van der Waals surface area contributed by atoms with Crippen molar-refractivity contribution < 1.29 is 42.9 Å². The number of carbonyl (C=O) groups excluding carboxylic acids is 4. The first-order valence-electron chi connectivity index (χ1n) is 8.57. The molecule has 1 rings (SSSR count). The van der Waals surface area contributed by atoms with E-state index in [4.69, 9.17) is 23.7 Å². The van der Waals surface area contributed by atoms with Gasteiger partial charge < -0.3 is 23.7 Å². The van der Waals surface area contributed by atoms with E-state index in [1.54, 1.807) is 6.08 Å². The van der Waals surface area contributed by atoms with Crippen LogP contribution in [0.15, 0.2) is 12.7 Å². The van der Waals surface area contributed by atoms with E-state index in [0.29, 0.717) is 12.8 Å². The Morgan fingerprint density at radius 1 is 0.815 bits per heavy atom. The average Bonchev–Trinajstić information content (AvgIpc) is 2.54. The standard InChI is InChI=1S/C18H26O9/c1-6-7-8-14-16(24-11(3)20)18(26-13(5)22)17(25-12(4)21)15(27-14)9-23-10(2)19/h6,14-18H,1,7-9H2,2-5H3/t14-,15?,16?,17+,18-/m1/s1. The molecule has 0 aliphatic carbocycles. The Bertz CT molecular complexity index is 571. The predicted molar refractivity (Wildman–Crippen MR) is 91.4 cm³/mol. The molecule has 9 heteroatoms. The number of hydrogen-bond acceptors (Lipinski definition) is 9. The second-order valence-electron chi connectivity index (χ2n) is 6.10. The van der Waals surface area contributed by atoms with Crippen molar-refractivity contribution in [3.63, 3.8) is 0 Å². The highest BCUT2D eigenvalue weighted by Gasteiger charge is 2.51. The van der Waals surface area contributed by atoms with Crippen LogP contribution in [0.25, 0.3) is 0 Å². The quantitative estimate of drug-likeness (QED) is 0.343. The van der Waals surface area contributed by atoms with Crippen molar-refractivity contribution in [2.24, 2.45) is 0 Å². The normalized spacial score (nSPS) is 27.2. The summed E-state index contributed by atoms with van der Waals surface area (Å²) < 4.78 is 26.8. The molecule has 0 bridgehead atoms. The third-order valence-corrected chi connectivity index (χ3v) is 3.74. The predicted octanol–water partition coefficient (Wildman–Crippen LogP) is 1.08. The van der Waals surface area contributed by atoms with Crippen LogP contribution in [0.3, 0.4) is 0 Å². The zero-order chi connectivity index (χ0) is 20.6. The Labute approximate surface area is 157 Å². The number of ether oxygens (including phenoxy) is 5. The van der Waals surface area contributed by atoms with Gasteiger partial charge in [0.15, 0.2) is 18.3 Å². The molecule has 1 aliphatic heterocycles. The van der Waals surface area contributed by atoms with Gasteiger partial charge in [-0.3, -0.25) is 19.2 Å². The Morgan fingerprint density at radius 2 is 1.30 bits per heavy atom. The van der Waals surface area contributed by atoms with E-state index in [-0.39, 0.29) is 6.61 Å². The fourth-order valence-electron chi connectivity index (χ4n) is 2.83. The maximum Gasteiger partial charge on any atom is 0.303 e. The summed E-state index contributed by atoms with van der Waals surface area (Å²) in [5.74, 6) is -2.46. The molecule has 5 atom stereocenters. The molecule has 9 nitrogen and oxygen atoms in total. The van der Waals surface area contributed by atoms with Crippen LogP contribution in [-0.2, 0) is 42.9 Å². The second kappa shape index (κ2) is 10.7. The van der Waals surface area contributed by atoms with Crippen molar-refractivity contribution in [2.75, 3.05) is 6.61 Å². The largest absolute Gasteiger partial charge is 0.463 e. The molecule has 0 aromatic rings. The molecule has 0 saturated carbocycles. The first kappa shape index (κ1) is 22.6. The summed E-state index contributed by atoms with van der Waals surface area (Å²) in [4.78, 5) is 45.9. The minimum Gasteiger partial charge on any atom is -0.463 e. The van der Waals surface area contributed by atoms with E-state index in [9.17, 15) is 19.2 Å². The fraction of sp³-hybridized carbons (Fsp3) is 0.667. The lowest BCUT2D eigenvalue weighted by atomic mass is 9.92. The summed E-state index contributed by atoms with van der Waals surface area (Å²) in [6.45, 7) is 8.22. The van der Waals surface area contributed by atoms with Gasteiger partial charge in [-0.1, -0.05) is 6.08 Å². The van der Waals surface area contributed by atoms with Crippen LogP contribution in [0.2, 0.25) is 0 Å². The summed E-state index contributed by atoms with van der Waals surface area (Å²) in [7, 11) is 0. The highest BCUT2D eigenvalue weighted by Crippen LogP contribution is 2.31. The molecule has 1 heterocycles. The van der Waals surface area contributed by atoms with Gasteiger partial charge >= 0.3 is 23.9 Å². The highest BCUT2D eigenvalue weighted by molar-refractivity contribution is 5.68. The van der Waals surface area contributed by atoms with E-state index >= 15 is 0 Å². The number of carbonyl (C=O) groups is 4. The van der Waals surface area contributed by atoms with E-state index < -0.39 is 54.4 Å². The summed E-state index contributed by atoms with van der Waals surface area (Å²) in [5.41, 5.74) is 0. The molecule has 0 spiro atoms. The van der Waals surface area contributed by atoms with Gasteiger partial charge in [0.25, 0.3) is 0 Å². The van der Waals surface area contributed by atoms with Gasteiger partial charge in [0.1, 0.15) is 12.7 Å². The molecule has 1 saturated heterocycles. The van der Waals surface area contributed by atoms with Crippen LogP contribution in [0.4, 0.5) is 0 Å². The van der Waals surface area contributed by atoms with Crippen molar-refractivity contribution in [1.29, 1.82) is 0 Å². The maximum atomic E-state index is 11.6. The van der Waals surface area contributed by atoms with Crippen LogP contribution in [0, 0.1) is 0 Å². The second-order valence-corrected chi connectivity index (χ2v) is 6.10. The number of esters is 4. The number of allylic oxidation sites excluding steroid dienone is 1. The zero-order valence-electron chi connectivity index (χ0n) is 16.0. The van der Waals surface area contributed by atoms with Gasteiger partial charge in [-0.2, -0.15) is 0 Å². The minimum atomic E-state index is -1.12. The summed E-state index contributed by atoms with van der Waals surface area (Å²) >= 11 is 0. The van der Waals surface area contributed by atoms with Gasteiger partial charge in [0, 0.05) is 27.7 Å². The van der Waals surface area contributed by atoms with Gasteiger partial charge in [-0.25, -0.2) is 0 Å². The number of hydrogen-bond donors (Lipinski definition) is 0. The molecule has 2 unspecified atom stereocenters. The molecule has 0 aromatic heterocycles. The molecule has 1 aliphatic rings. The van der Waals surface area contributed by atoms with Crippen molar-refractivity contribution in [1.82, 2.24) is 0 Å². The molecular formula is C18H26O9. The molecule has 0 aromatic carbocycles. The Morgan fingerprint density at radius 3 is 1.74 bits per heavy atom. The SMILES string of the molecule is C=CCC[C@H]1OC(COC(C)=O)[C@H](OC(C)=O)[C@H](OC(C)=O)C1OC(C)=O. The third kappa shape index (κ3) is 7.38. The Hall–Kier alpha value is -2.42. The van der Waals surface area contributed by atoms with Crippen LogP contribution in [0.1, 0.15) is 40.5 Å². The van der Waals surface area contributed by atoms with Crippen molar-refractivity contribution in [2.45, 2.75) is 71.1 Å². The molecule has 0 N–H and O–H groups in total. The third-order valence-electron chi connectivity index (χ3n) is 3.74. The average molecular weight is 386 g/mol. The summed E-state index contributed by atoms with van der Waals surface area (Å²) in [6, 6.07) is 0. The van der Waals surface area contributed by atoms with Gasteiger partial charge in [-0.15, -0.1) is 6.58 Å². The van der Waals surface area contributed by atoms with Crippen molar-refractivity contribution in [3.8, 4) is 0 Å². The highest BCUT2D eigenvalue weighted by atomic mass is 16.7. The van der Waals surface area contributed by atoms with Crippen LogP contribution >= 0.6 is 0 Å². The van der Waals surface area contributed by atoms with E-state index in [2.05, 4.69) is 6.58 Å². The lowest BCUT2D eigenvalue weighted by molar-refractivity contribution is -0.253. The molecule has 152 valence electrons. The molecule has 1 fully saturated rings. The van der Waals surface area contributed by atoms with E-state index in [1.165, 1.54) is 27.7 Å². The van der Waals surface area contributed by atoms with Crippen molar-refractivity contribution in [3.05, 3.63) is 12.7 Å². The first-order chi connectivity index (χ1) is 12.6. The van der Waals surface area contributed by atoms with Crippen LogP contribution < -0.4 is 0 Å². The maximum absolute atomic E-state index is 11.6. The molecular weight excluding hydrogens is 360 g/mol. The lowest BCUT2D eigenvalue weighted by Gasteiger charge is -2.44. The van der Waals surface area contributed by atoms with Gasteiger partial charge in [0.2, 0.25) is 0 Å². The smallest absolute Gasteiger partial charge is 0.303 e. The van der Waals surface area contributed by atoms with Crippen LogP contribution in [-0.4, -0.2) is 61.0 Å². The molecule has 27 heavy (non-hydrogen) atoms. The first-order valence-corrected chi connectivity index (χ1v) is 8.57. The van der Waals surface area contributed by atoms with Crippen LogP contribution in [0.5, 0.6) is 0 Å². The monoisotopic (exact) mass is 386 g/mol. The number of rotatable bonds is 8. The Balaban J connectivity index is 3.24. The van der Waals surface area contributed by atoms with Gasteiger partial charge in [0.05, 0.1) is 6.10 Å². The summed E-state index contributed by atoms with van der Waals surface area (Å²) in [6.07, 6.45) is -2.20. The topological polar surface area (TPSA) is 114 Å². The van der Waals surface area contributed by atoms with E-state index in [0.717, 1.165) is 0 Å². The zero-order valence-corrected chi connectivity index (χ0v) is 16.0. The molecule has 0 radical (unpaired) electrons. The lowest BCUT2D eigenvalue weighted by Crippen LogP contribution is -2.62. The van der Waals surface area contributed by atoms with E-state index in [1.807, 2.05) is 0 Å². The minimum absolute atomic E-state index is 0.220. The van der Waals surface area contributed by atoms with Crippen molar-refractivity contribution >= 4 is 23.9 Å². The van der Waals surface area contributed by atoms with Gasteiger partial charge in [-0.05, 0) is 12.8 Å². The summed E-state index contributed by atoms with van der Waals surface area (Å²) in [5, 5.41) is 0.